The van der Waals surface area contributed by atoms with E-state index in [4.69, 9.17) is 4.74 Å². The van der Waals surface area contributed by atoms with Crippen LogP contribution in [0.4, 0.5) is 5.69 Å². The fraction of sp³-hybridized carbons (Fsp3) is 0.556. The molecule has 1 aromatic carbocycles. The standard InChI is InChI=1S/C18H23BrN2O3/c1-4-18(7-8-24-11-18)20-15(22)10-21-14-6-5-12(19)9-13(14)17(2,3)16(21)23/h5-6,9H,4,7-8,10-11H2,1-3H3,(H,20,22). The Morgan fingerprint density at radius 1 is 1.42 bits per heavy atom. The van der Waals surface area contributed by atoms with Crippen molar-refractivity contribution in [2.75, 3.05) is 24.7 Å². The van der Waals surface area contributed by atoms with Crippen molar-refractivity contribution >= 4 is 33.4 Å². The molecule has 3 rings (SSSR count). The number of hydrogen-bond acceptors (Lipinski definition) is 3. The Hall–Kier alpha value is -1.40. The highest BCUT2D eigenvalue weighted by Gasteiger charge is 2.45. The Morgan fingerprint density at radius 3 is 2.79 bits per heavy atom. The molecule has 5 nitrogen and oxygen atoms in total. The second kappa shape index (κ2) is 6.15. The first kappa shape index (κ1) is 17.4. The molecular formula is C18H23BrN2O3. The SMILES string of the molecule is CCC1(NC(=O)CN2C(=O)C(C)(C)c3cc(Br)ccc32)CCOC1. The summed E-state index contributed by atoms with van der Waals surface area (Å²) in [5.74, 6) is -0.179. The van der Waals surface area contributed by atoms with E-state index in [1.165, 1.54) is 0 Å². The summed E-state index contributed by atoms with van der Waals surface area (Å²) in [6.45, 7) is 7.09. The summed E-state index contributed by atoms with van der Waals surface area (Å²) in [7, 11) is 0. The zero-order valence-electron chi connectivity index (χ0n) is 14.3. The van der Waals surface area contributed by atoms with E-state index < -0.39 is 5.41 Å². The summed E-state index contributed by atoms with van der Waals surface area (Å²) < 4.78 is 6.38. The lowest BCUT2D eigenvalue weighted by Gasteiger charge is -2.29. The van der Waals surface area contributed by atoms with Gasteiger partial charge in [0.2, 0.25) is 11.8 Å². The minimum Gasteiger partial charge on any atom is -0.379 e. The van der Waals surface area contributed by atoms with Crippen LogP contribution < -0.4 is 10.2 Å². The number of carbonyl (C=O) groups excluding carboxylic acids is 2. The molecule has 1 aromatic rings. The van der Waals surface area contributed by atoms with E-state index in [1.54, 1.807) is 4.90 Å². The molecule has 0 saturated carbocycles. The number of anilines is 1. The molecule has 0 aromatic heterocycles. The van der Waals surface area contributed by atoms with E-state index in [1.807, 2.05) is 39.0 Å². The lowest BCUT2D eigenvalue weighted by atomic mass is 9.86. The number of amides is 2. The highest BCUT2D eigenvalue weighted by molar-refractivity contribution is 9.10. The van der Waals surface area contributed by atoms with Crippen molar-refractivity contribution in [2.24, 2.45) is 0 Å². The fourth-order valence-electron chi connectivity index (χ4n) is 3.52. The predicted molar refractivity (Wildman–Crippen MR) is 96.1 cm³/mol. The molecule has 2 amide bonds. The van der Waals surface area contributed by atoms with Crippen molar-refractivity contribution in [1.29, 1.82) is 0 Å². The average Bonchev–Trinajstić information content (AvgIpc) is 3.06. The largest absolute Gasteiger partial charge is 0.379 e. The van der Waals surface area contributed by atoms with Crippen LogP contribution in [0, 0.1) is 0 Å². The minimum absolute atomic E-state index is 0.0403. The van der Waals surface area contributed by atoms with Gasteiger partial charge in [-0.1, -0.05) is 22.9 Å². The third-order valence-corrected chi connectivity index (χ3v) is 5.68. The number of halogens is 1. The molecule has 1 atom stereocenters. The van der Waals surface area contributed by atoms with Crippen molar-refractivity contribution in [1.82, 2.24) is 5.32 Å². The molecule has 1 unspecified atom stereocenters. The fourth-order valence-corrected chi connectivity index (χ4v) is 3.88. The van der Waals surface area contributed by atoms with Crippen LogP contribution in [0.3, 0.4) is 0 Å². The molecule has 1 fully saturated rings. The summed E-state index contributed by atoms with van der Waals surface area (Å²) in [5, 5.41) is 3.09. The van der Waals surface area contributed by atoms with Gasteiger partial charge in [-0.2, -0.15) is 0 Å². The Bertz CT molecular complexity index is 681. The molecule has 2 aliphatic rings. The summed E-state index contributed by atoms with van der Waals surface area (Å²) in [6, 6.07) is 5.76. The zero-order valence-corrected chi connectivity index (χ0v) is 15.9. The summed E-state index contributed by atoms with van der Waals surface area (Å²) in [5.41, 5.74) is 0.844. The molecular weight excluding hydrogens is 372 g/mol. The molecule has 0 radical (unpaired) electrons. The van der Waals surface area contributed by atoms with Crippen molar-refractivity contribution in [3.05, 3.63) is 28.2 Å². The van der Waals surface area contributed by atoms with Gasteiger partial charge in [-0.15, -0.1) is 0 Å². The Kier molecular flexibility index (Phi) is 4.47. The molecule has 0 aliphatic carbocycles. The Balaban J connectivity index is 1.81. The van der Waals surface area contributed by atoms with Gasteiger partial charge in [0.25, 0.3) is 0 Å². The molecule has 2 aliphatic heterocycles. The van der Waals surface area contributed by atoms with Crippen LogP contribution >= 0.6 is 15.9 Å². The van der Waals surface area contributed by atoms with Gasteiger partial charge in [0.05, 0.1) is 17.6 Å². The molecule has 0 spiro atoms. The highest BCUT2D eigenvalue weighted by Crippen LogP contribution is 2.42. The molecule has 24 heavy (non-hydrogen) atoms. The number of fused-ring (bicyclic) bond motifs is 1. The van der Waals surface area contributed by atoms with Crippen LogP contribution in [0.2, 0.25) is 0 Å². The summed E-state index contributed by atoms with van der Waals surface area (Å²) >= 11 is 3.46. The van der Waals surface area contributed by atoms with E-state index in [2.05, 4.69) is 21.2 Å². The lowest BCUT2D eigenvalue weighted by Crippen LogP contribution is -2.52. The molecule has 1 N–H and O–H groups in total. The quantitative estimate of drug-likeness (QED) is 0.853. The number of nitrogens with one attached hydrogen (secondary N) is 1. The van der Waals surface area contributed by atoms with Crippen LogP contribution in [0.25, 0.3) is 0 Å². The first-order valence-electron chi connectivity index (χ1n) is 8.30. The Morgan fingerprint density at radius 2 is 2.17 bits per heavy atom. The van der Waals surface area contributed by atoms with Gasteiger partial charge in [0, 0.05) is 16.8 Å². The number of benzene rings is 1. The van der Waals surface area contributed by atoms with E-state index in [-0.39, 0.29) is 23.9 Å². The van der Waals surface area contributed by atoms with Gasteiger partial charge >= 0.3 is 0 Å². The van der Waals surface area contributed by atoms with Crippen molar-refractivity contribution in [2.45, 2.75) is 44.6 Å². The van der Waals surface area contributed by atoms with Crippen molar-refractivity contribution < 1.29 is 14.3 Å². The summed E-state index contributed by atoms with van der Waals surface area (Å²) in [6.07, 6.45) is 1.64. The van der Waals surface area contributed by atoms with E-state index in [9.17, 15) is 9.59 Å². The van der Waals surface area contributed by atoms with Gasteiger partial charge in [0.1, 0.15) is 6.54 Å². The predicted octanol–water partition coefficient (Wildman–Crippen LogP) is 2.76. The van der Waals surface area contributed by atoms with Crippen LogP contribution in [0.15, 0.2) is 22.7 Å². The monoisotopic (exact) mass is 394 g/mol. The van der Waals surface area contributed by atoms with Crippen molar-refractivity contribution in [3.8, 4) is 0 Å². The van der Waals surface area contributed by atoms with Crippen LogP contribution in [-0.2, 0) is 19.7 Å². The third-order valence-electron chi connectivity index (χ3n) is 5.19. The van der Waals surface area contributed by atoms with Crippen molar-refractivity contribution in [3.63, 3.8) is 0 Å². The summed E-state index contributed by atoms with van der Waals surface area (Å²) in [4.78, 5) is 27.0. The van der Waals surface area contributed by atoms with Crippen LogP contribution in [0.5, 0.6) is 0 Å². The molecule has 2 heterocycles. The minimum atomic E-state index is -0.627. The van der Waals surface area contributed by atoms with Gasteiger partial charge in [-0.25, -0.2) is 0 Å². The zero-order chi connectivity index (χ0) is 17.5. The average molecular weight is 395 g/mol. The van der Waals surface area contributed by atoms with Crippen LogP contribution in [0.1, 0.15) is 39.2 Å². The van der Waals surface area contributed by atoms with Gasteiger partial charge < -0.3 is 15.0 Å². The lowest BCUT2D eigenvalue weighted by molar-refractivity contribution is -0.126. The second-order valence-corrected chi connectivity index (χ2v) is 8.08. The number of rotatable bonds is 4. The van der Waals surface area contributed by atoms with Gasteiger partial charge in [0.15, 0.2) is 0 Å². The van der Waals surface area contributed by atoms with Gasteiger partial charge in [-0.3, -0.25) is 9.59 Å². The maximum absolute atomic E-state index is 12.8. The second-order valence-electron chi connectivity index (χ2n) is 7.16. The maximum Gasteiger partial charge on any atom is 0.240 e. The normalized spacial score (nSPS) is 25.0. The maximum atomic E-state index is 12.8. The molecule has 6 heteroatoms. The number of carbonyl (C=O) groups is 2. The van der Waals surface area contributed by atoms with E-state index >= 15 is 0 Å². The van der Waals surface area contributed by atoms with Gasteiger partial charge in [-0.05, 0) is 50.5 Å². The van der Waals surface area contributed by atoms with E-state index in [0.29, 0.717) is 13.2 Å². The Labute approximate surface area is 150 Å². The number of nitrogens with zero attached hydrogens (tertiary/aromatic N) is 1. The topological polar surface area (TPSA) is 58.6 Å². The molecule has 1 saturated heterocycles. The number of hydrogen-bond donors (Lipinski definition) is 1. The van der Waals surface area contributed by atoms with Crippen LogP contribution in [-0.4, -0.2) is 37.1 Å². The smallest absolute Gasteiger partial charge is 0.240 e. The third kappa shape index (κ3) is 2.86. The highest BCUT2D eigenvalue weighted by atomic mass is 79.9. The molecule has 0 bridgehead atoms. The first-order valence-corrected chi connectivity index (χ1v) is 9.09. The number of ether oxygens (including phenoxy) is 1. The first-order chi connectivity index (χ1) is 11.3. The van der Waals surface area contributed by atoms with E-state index in [0.717, 1.165) is 28.6 Å². The molecule has 130 valence electrons.